The minimum absolute atomic E-state index is 0.997. The van der Waals surface area contributed by atoms with Gasteiger partial charge in [0.05, 0.1) is 0 Å². The lowest BCUT2D eigenvalue weighted by atomic mass is 10.3. The van der Waals surface area contributed by atoms with Crippen LogP contribution in [0.2, 0.25) is 0 Å². The first kappa shape index (κ1) is 9.85. The zero-order valence-electron chi connectivity index (χ0n) is 8.98. The van der Waals surface area contributed by atoms with Crippen molar-refractivity contribution in [1.29, 1.82) is 0 Å². The van der Waals surface area contributed by atoms with Crippen LogP contribution in [0.5, 0.6) is 0 Å². The molecule has 15 heavy (non-hydrogen) atoms. The molecule has 0 aliphatic carbocycles. The fourth-order valence-corrected chi connectivity index (χ4v) is 1.75. The van der Waals surface area contributed by atoms with E-state index in [0.29, 0.717) is 0 Å². The molecule has 2 rings (SSSR count). The van der Waals surface area contributed by atoms with E-state index in [1.54, 1.807) is 0 Å². The molecule has 0 radical (unpaired) electrons. The van der Waals surface area contributed by atoms with Crippen LogP contribution in [-0.2, 0) is 0 Å². The molecule has 1 aliphatic heterocycles. The van der Waals surface area contributed by atoms with Gasteiger partial charge in [-0.25, -0.2) is 4.98 Å². The Hall–Kier alpha value is -1.69. The minimum Gasteiger partial charge on any atom is -0.353 e. The minimum atomic E-state index is 0.997. The van der Waals surface area contributed by atoms with Gasteiger partial charge < -0.3 is 9.80 Å². The van der Waals surface area contributed by atoms with Gasteiger partial charge in [0, 0.05) is 38.4 Å². The number of rotatable bonds is 1. The van der Waals surface area contributed by atoms with E-state index in [2.05, 4.69) is 32.8 Å². The van der Waals surface area contributed by atoms with Crippen molar-refractivity contribution in [3.05, 3.63) is 24.4 Å². The SMILES string of the molecule is CC#CN1CCN(c2ccccn2)CC1. The zero-order chi connectivity index (χ0) is 10.5. The maximum atomic E-state index is 4.34. The van der Waals surface area contributed by atoms with Crippen LogP contribution in [0.1, 0.15) is 6.92 Å². The lowest BCUT2D eigenvalue weighted by Gasteiger charge is -2.33. The molecule has 0 bridgehead atoms. The van der Waals surface area contributed by atoms with E-state index in [4.69, 9.17) is 0 Å². The zero-order valence-corrected chi connectivity index (χ0v) is 8.98. The van der Waals surface area contributed by atoms with Crippen molar-refractivity contribution in [2.75, 3.05) is 31.1 Å². The molecule has 1 saturated heterocycles. The van der Waals surface area contributed by atoms with Crippen LogP contribution in [0, 0.1) is 12.0 Å². The highest BCUT2D eigenvalue weighted by Gasteiger charge is 2.15. The van der Waals surface area contributed by atoms with Crippen LogP contribution in [0.3, 0.4) is 0 Å². The number of hydrogen-bond acceptors (Lipinski definition) is 3. The van der Waals surface area contributed by atoms with Gasteiger partial charge in [-0.15, -0.1) is 0 Å². The first-order valence-corrected chi connectivity index (χ1v) is 5.23. The fraction of sp³-hybridized carbons (Fsp3) is 0.417. The molecule has 0 spiro atoms. The Bertz CT molecular complexity index is 355. The topological polar surface area (TPSA) is 19.4 Å². The van der Waals surface area contributed by atoms with E-state index >= 15 is 0 Å². The van der Waals surface area contributed by atoms with Crippen molar-refractivity contribution in [3.8, 4) is 12.0 Å². The van der Waals surface area contributed by atoms with Crippen LogP contribution in [0.25, 0.3) is 0 Å². The second kappa shape index (κ2) is 4.70. The number of pyridine rings is 1. The van der Waals surface area contributed by atoms with Crippen molar-refractivity contribution in [2.45, 2.75) is 6.92 Å². The average molecular weight is 201 g/mol. The molecule has 1 aliphatic rings. The standard InChI is InChI=1S/C12H15N3/c1-2-7-14-8-10-15(11-9-14)12-5-3-4-6-13-12/h3-6H,8-11H2,1H3. The summed E-state index contributed by atoms with van der Waals surface area (Å²) in [5.74, 6) is 4.00. The highest BCUT2D eigenvalue weighted by atomic mass is 15.3. The van der Waals surface area contributed by atoms with E-state index in [0.717, 1.165) is 32.0 Å². The van der Waals surface area contributed by atoms with Crippen molar-refractivity contribution in [1.82, 2.24) is 9.88 Å². The molecule has 0 unspecified atom stereocenters. The summed E-state index contributed by atoms with van der Waals surface area (Å²) in [5, 5.41) is 0. The van der Waals surface area contributed by atoms with Crippen molar-refractivity contribution >= 4 is 5.82 Å². The monoisotopic (exact) mass is 201 g/mol. The quantitative estimate of drug-likeness (QED) is 0.636. The Morgan fingerprint density at radius 3 is 2.60 bits per heavy atom. The summed E-state index contributed by atoms with van der Waals surface area (Å²) < 4.78 is 0. The van der Waals surface area contributed by atoms with E-state index in [9.17, 15) is 0 Å². The van der Waals surface area contributed by atoms with Crippen molar-refractivity contribution in [3.63, 3.8) is 0 Å². The molecule has 1 aromatic rings. The van der Waals surface area contributed by atoms with Gasteiger partial charge in [0.25, 0.3) is 0 Å². The summed E-state index contributed by atoms with van der Waals surface area (Å²) in [6.45, 7) is 5.89. The predicted octanol–water partition coefficient (Wildman–Crippen LogP) is 1.18. The summed E-state index contributed by atoms with van der Waals surface area (Å²) >= 11 is 0. The lowest BCUT2D eigenvalue weighted by molar-refractivity contribution is 0.367. The first-order chi connectivity index (χ1) is 7.40. The molecule has 0 saturated carbocycles. The van der Waals surface area contributed by atoms with E-state index in [-0.39, 0.29) is 0 Å². The Morgan fingerprint density at radius 2 is 2.00 bits per heavy atom. The summed E-state index contributed by atoms with van der Waals surface area (Å²) in [7, 11) is 0. The van der Waals surface area contributed by atoms with E-state index < -0.39 is 0 Å². The largest absolute Gasteiger partial charge is 0.353 e. The highest BCUT2D eigenvalue weighted by molar-refractivity contribution is 5.38. The molecule has 3 nitrogen and oxygen atoms in total. The van der Waals surface area contributed by atoms with Gasteiger partial charge >= 0.3 is 0 Å². The Balaban J connectivity index is 1.96. The van der Waals surface area contributed by atoms with E-state index in [1.165, 1.54) is 0 Å². The summed E-state index contributed by atoms with van der Waals surface area (Å²) in [5.41, 5.74) is 0. The van der Waals surface area contributed by atoms with Crippen molar-refractivity contribution in [2.24, 2.45) is 0 Å². The summed E-state index contributed by atoms with van der Waals surface area (Å²) in [4.78, 5) is 8.81. The Morgan fingerprint density at radius 1 is 1.20 bits per heavy atom. The molecule has 0 amide bonds. The van der Waals surface area contributed by atoms with Gasteiger partial charge in [0.1, 0.15) is 5.82 Å². The molecule has 78 valence electrons. The van der Waals surface area contributed by atoms with Gasteiger partial charge in [-0.3, -0.25) is 0 Å². The molecular formula is C12H15N3. The number of anilines is 1. The molecular weight excluding hydrogens is 186 g/mol. The van der Waals surface area contributed by atoms with Crippen LogP contribution < -0.4 is 4.90 Å². The Labute approximate surface area is 90.7 Å². The third kappa shape index (κ3) is 2.41. The number of piperazine rings is 1. The van der Waals surface area contributed by atoms with Gasteiger partial charge in [0.15, 0.2) is 0 Å². The maximum absolute atomic E-state index is 4.34. The van der Waals surface area contributed by atoms with Crippen molar-refractivity contribution < 1.29 is 0 Å². The van der Waals surface area contributed by atoms with Gasteiger partial charge in [-0.2, -0.15) is 0 Å². The van der Waals surface area contributed by atoms with Crippen LogP contribution >= 0.6 is 0 Å². The van der Waals surface area contributed by atoms with Crippen LogP contribution in [0.15, 0.2) is 24.4 Å². The average Bonchev–Trinajstić information content (AvgIpc) is 2.32. The van der Waals surface area contributed by atoms with Crippen LogP contribution in [-0.4, -0.2) is 36.1 Å². The fourth-order valence-electron chi connectivity index (χ4n) is 1.75. The predicted molar refractivity (Wildman–Crippen MR) is 61.5 cm³/mol. The number of hydrogen-bond donors (Lipinski definition) is 0. The van der Waals surface area contributed by atoms with E-state index in [1.807, 2.05) is 25.3 Å². The second-order valence-electron chi connectivity index (χ2n) is 3.52. The third-order valence-corrected chi connectivity index (χ3v) is 2.52. The molecule has 0 N–H and O–H groups in total. The normalized spacial score (nSPS) is 15.8. The molecule has 1 fully saturated rings. The Kier molecular flexibility index (Phi) is 3.08. The molecule has 0 aromatic carbocycles. The summed E-state index contributed by atoms with van der Waals surface area (Å²) in [6.07, 6.45) is 1.84. The highest BCUT2D eigenvalue weighted by Crippen LogP contribution is 2.11. The third-order valence-electron chi connectivity index (χ3n) is 2.52. The molecule has 3 heteroatoms. The maximum Gasteiger partial charge on any atom is 0.128 e. The lowest BCUT2D eigenvalue weighted by Crippen LogP contribution is -2.44. The second-order valence-corrected chi connectivity index (χ2v) is 3.52. The summed E-state index contributed by atoms with van der Waals surface area (Å²) in [6, 6.07) is 9.12. The smallest absolute Gasteiger partial charge is 0.128 e. The number of nitrogens with zero attached hydrogens (tertiary/aromatic N) is 3. The van der Waals surface area contributed by atoms with Gasteiger partial charge in [-0.1, -0.05) is 12.0 Å². The van der Waals surface area contributed by atoms with Crippen LogP contribution in [0.4, 0.5) is 5.82 Å². The molecule has 1 aromatic heterocycles. The van der Waals surface area contributed by atoms with Gasteiger partial charge in [0.2, 0.25) is 0 Å². The molecule has 2 heterocycles. The number of aromatic nitrogens is 1. The molecule has 0 atom stereocenters. The first-order valence-electron chi connectivity index (χ1n) is 5.23. The van der Waals surface area contributed by atoms with Gasteiger partial charge in [-0.05, 0) is 19.1 Å².